The zero-order valence-electron chi connectivity index (χ0n) is 17.2. The summed E-state index contributed by atoms with van der Waals surface area (Å²) in [6, 6.07) is 26.5. The molecule has 1 aliphatic heterocycles. The molecule has 1 aliphatic rings. The highest BCUT2D eigenvalue weighted by molar-refractivity contribution is 7.98. The largest absolute Gasteiger partial charge is 0.490 e. The second-order valence-electron chi connectivity index (χ2n) is 7.23. The van der Waals surface area contributed by atoms with E-state index in [1.807, 2.05) is 55.5 Å². The number of hydrogen-bond acceptors (Lipinski definition) is 5. The summed E-state index contributed by atoms with van der Waals surface area (Å²) in [4.78, 5) is 9.74. The standard InChI is InChI=1S/C26H22N2O2S/c1-2-29-22-15-9-14-20-16-21-25(30-23(20)22)27-24(19-12-7-4-8-13-19)28-26(21)31-17-18-10-5-3-6-11-18/h3-15H,2,16-17H2,1H3. The van der Waals surface area contributed by atoms with Crippen molar-refractivity contribution in [2.24, 2.45) is 0 Å². The van der Waals surface area contributed by atoms with Gasteiger partial charge >= 0.3 is 0 Å². The molecule has 0 saturated carbocycles. The van der Waals surface area contributed by atoms with Crippen LogP contribution in [0.1, 0.15) is 23.6 Å². The Morgan fingerprint density at radius 2 is 1.68 bits per heavy atom. The molecule has 5 heteroatoms. The molecule has 5 rings (SSSR count). The Bertz CT molecular complexity index is 1200. The van der Waals surface area contributed by atoms with Crippen LogP contribution >= 0.6 is 11.8 Å². The van der Waals surface area contributed by atoms with Gasteiger partial charge in [-0.3, -0.25) is 0 Å². The van der Waals surface area contributed by atoms with Crippen LogP contribution in [0.15, 0.2) is 83.9 Å². The van der Waals surface area contributed by atoms with Crippen LogP contribution < -0.4 is 9.47 Å². The number of fused-ring (bicyclic) bond motifs is 2. The second kappa shape index (κ2) is 8.82. The third kappa shape index (κ3) is 4.14. The fourth-order valence-corrected chi connectivity index (χ4v) is 4.59. The second-order valence-corrected chi connectivity index (χ2v) is 8.20. The van der Waals surface area contributed by atoms with Crippen molar-refractivity contribution in [1.82, 2.24) is 9.97 Å². The Morgan fingerprint density at radius 3 is 2.45 bits per heavy atom. The van der Waals surface area contributed by atoms with E-state index in [1.165, 1.54) is 5.56 Å². The van der Waals surface area contributed by atoms with E-state index in [2.05, 4.69) is 30.3 Å². The van der Waals surface area contributed by atoms with E-state index in [-0.39, 0.29) is 0 Å². The predicted octanol–water partition coefficient (Wildman–Crippen LogP) is 6.53. The van der Waals surface area contributed by atoms with Gasteiger partial charge < -0.3 is 9.47 Å². The molecule has 154 valence electrons. The quantitative estimate of drug-likeness (QED) is 0.228. The lowest BCUT2D eigenvalue weighted by molar-refractivity contribution is 0.315. The molecule has 0 amide bonds. The lowest BCUT2D eigenvalue weighted by atomic mass is 10.0. The van der Waals surface area contributed by atoms with Crippen LogP contribution in [0.4, 0.5) is 0 Å². The minimum atomic E-state index is 0.587. The summed E-state index contributed by atoms with van der Waals surface area (Å²) in [5.74, 6) is 3.64. The molecule has 2 heterocycles. The fraction of sp³-hybridized carbons (Fsp3) is 0.154. The number of rotatable bonds is 6. The third-order valence-corrected chi connectivity index (χ3v) is 6.20. The molecule has 0 radical (unpaired) electrons. The number of thioether (sulfide) groups is 1. The first kappa shape index (κ1) is 19.6. The maximum Gasteiger partial charge on any atom is 0.227 e. The number of para-hydroxylation sites is 1. The van der Waals surface area contributed by atoms with E-state index < -0.39 is 0 Å². The highest BCUT2D eigenvalue weighted by Gasteiger charge is 2.26. The normalized spacial score (nSPS) is 11.9. The Morgan fingerprint density at radius 1 is 0.903 bits per heavy atom. The first-order valence-electron chi connectivity index (χ1n) is 10.4. The van der Waals surface area contributed by atoms with E-state index in [1.54, 1.807) is 11.8 Å². The predicted molar refractivity (Wildman–Crippen MR) is 124 cm³/mol. The van der Waals surface area contributed by atoms with Crippen LogP contribution in [0.3, 0.4) is 0 Å². The smallest absolute Gasteiger partial charge is 0.227 e. The van der Waals surface area contributed by atoms with Crippen LogP contribution in [0.5, 0.6) is 17.4 Å². The summed E-state index contributed by atoms with van der Waals surface area (Å²) >= 11 is 1.72. The van der Waals surface area contributed by atoms with Crippen molar-refractivity contribution in [3.05, 3.63) is 95.6 Å². The van der Waals surface area contributed by atoms with Crippen LogP contribution in [0, 0.1) is 0 Å². The molecule has 3 aromatic carbocycles. The van der Waals surface area contributed by atoms with Gasteiger partial charge in [0.15, 0.2) is 17.3 Å². The fourth-order valence-electron chi connectivity index (χ4n) is 3.61. The topological polar surface area (TPSA) is 44.2 Å². The number of ether oxygens (including phenoxy) is 2. The Balaban J connectivity index is 1.56. The minimum absolute atomic E-state index is 0.587. The highest BCUT2D eigenvalue weighted by atomic mass is 32.2. The first-order valence-corrected chi connectivity index (χ1v) is 11.4. The maximum absolute atomic E-state index is 6.33. The van der Waals surface area contributed by atoms with E-state index in [0.29, 0.717) is 18.3 Å². The highest BCUT2D eigenvalue weighted by Crippen LogP contribution is 2.44. The third-order valence-electron chi connectivity index (χ3n) is 5.11. The molecule has 0 fully saturated rings. The van der Waals surface area contributed by atoms with E-state index in [9.17, 15) is 0 Å². The van der Waals surface area contributed by atoms with Gasteiger partial charge in [0.2, 0.25) is 5.88 Å². The van der Waals surface area contributed by atoms with Gasteiger partial charge in [0.25, 0.3) is 0 Å². The van der Waals surface area contributed by atoms with Crippen molar-refractivity contribution >= 4 is 11.8 Å². The van der Waals surface area contributed by atoms with Crippen LogP contribution in [-0.2, 0) is 12.2 Å². The Kier molecular flexibility index (Phi) is 5.59. The molecule has 4 nitrogen and oxygen atoms in total. The number of hydrogen-bond donors (Lipinski definition) is 0. The number of aromatic nitrogens is 2. The van der Waals surface area contributed by atoms with Crippen molar-refractivity contribution < 1.29 is 9.47 Å². The van der Waals surface area contributed by atoms with Crippen LogP contribution in [-0.4, -0.2) is 16.6 Å². The van der Waals surface area contributed by atoms with Crippen molar-refractivity contribution in [1.29, 1.82) is 0 Å². The van der Waals surface area contributed by atoms with E-state index in [0.717, 1.165) is 45.4 Å². The average Bonchev–Trinajstić information content (AvgIpc) is 2.83. The summed E-state index contributed by atoms with van der Waals surface area (Å²) in [7, 11) is 0. The first-order chi connectivity index (χ1) is 15.3. The van der Waals surface area contributed by atoms with Gasteiger partial charge in [-0.25, -0.2) is 4.98 Å². The van der Waals surface area contributed by atoms with Gasteiger partial charge in [-0.05, 0) is 18.6 Å². The van der Waals surface area contributed by atoms with Crippen molar-refractivity contribution in [3.63, 3.8) is 0 Å². The molecule has 0 spiro atoms. The molecule has 1 aromatic heterocycles. The van der Waals surface area contributed by atoms with Crippen LogP contribution in [0.25, 0.3) is 11.4 Å². The molecule has 0 aliphatic carbocycles. The summed E-state index contributed by atoms with van der Waals surface area (Å²) in [6.07, 6.45) is 0.720. The lowest BCUT2D eigenvalue weighted by Gasteiger charge is -2.23. The molecular weight excluding hydrogens is 404 g/mol. The zero-order chi connectivity index (χ0) is 21.0. The lowest BCUT2D eigenvalue weighted by Crippen LogP contribution is -2.10. The summed E-state index contributed by atoms with van der Waals surface area (Å²) in [5, 5.41) is 0.958. The van der Waals surface area contributed by atoms with Gasteiger partial charge in [0, 0.05) is 23.3 Å². The number of nitrogens with zero attached hydrogens (tertiary/aromatic N) is 2. The van der Waals surface area contributed by atoms with Gasteiger partial charge in [-0.15, -0.1) is 11.8 Å². The molecule has 4 aromatic rings. The summed E-state index contributed by atoms with van der Waals surface area (Å²) in [6.45, 7) is 2.56. The Labute approximate surface area is 186 Å². The van der Waals surface area contributed by atoms with E-state index >= 15 is 0 Å². The summed E-state index contributed by atoms with van der Waals surface area (Å²) < 4.78 is 12.1. The molecule has 0 unspecified atom stereocenters. The zero-order valence-corrected chi connectivity index (χ0v) is 18.1. The summed E-state index contributed by atoms with van der Waals surface area (Å²) in [5.41, 5.74) is 4.36. The molecule has 0 saturated heterocycles. The van der Waals surface area contributed by atoms with Gasteiger partial charge in [-0.1, -0.05) is 72.8 Å². The molecule has 31 heavy (non-hydrogen) atoms. The number of benzene rings is 3. The van der Waals surface area contributed by atoms with Gasteiger partial charge in [-0.2, -0.15) is 4.98 Å². The van der Waals surface area contributed by atoms with Gasteiger partial charge in [0.05, 0.1) is 12.2 Å². The molecule has 0 atom stereocenters. The molecule has 0 bridgehead atoms. The van der Waals surface area contributed by atoms with Crippen molar-refractivity contribution in [3.8, 4) is 28.8 Å². The van der Waals surface area contributed by atoms with Gasteiger partial charge in [0.1, 0.15) is 5.03 Å². The average molecular weight is 427 g/mol. The van der Waals surface area contributed by atoms with E-state index in [4.69, 9.17) is 19.4 Å². The molecule has 0 N–H and O–H groups in total. The minimum Gasteiger partial charge on any atom is -0.490 e. The van der Waals surface area contributed by atoms with Crippen LogP contribution in [0.2, 0.25) is 0 Å². The van der Waals surface area contributed by atoms with Crippen molar-refractivity contribution in [2.45, 2.75) is 24.1 Å². The Hall–Kier alpha value is -3.31. The monoisotopic (exact) mass is 426 g/mol. The molecular formula is C26H22N2O2S. The SMILES string of the molecule is CCOc1cccc2c1Oc1nc(-c3ccccc3)nc(SCc3ccccc3)c1C2. The maximum atomic E-state index is 6.33. The van der Waals surface area contributed by atoms with Crippen molar-refractivity contribution in [2.75, 3.05) is 6.61 Å².